The largest absolute Gasteiger partial charge is 0.478 e. The van der Waals surface area contributed by atoms with E-state index in [9.17, 15) is 4.79 Å². The molecule has 0 amide bonds. The van der Waals surface area contributed by atoms with E-state index in [-0.39, 0.29) is 5.56 Å². The molecule has 1 rings (SSSR count). The second kappa shape index (κ2) is 5.87. The van der Waals surface area contributed by atoms with Crippen LogP contribution in [0.3, 0.4) is 0 Å². The van der Waals surface area contributed by atoms with Crippen LogP contribution in [-0.2, 0) is 11.3 Å². The number of hydrogen-bond donors (Lipinski definition) is 1. The van der Waals surface area contributed by atoms with Crippen molar-refractivity contribution in [2.75, 3.05) is 6.61 Å². The van der Waals surface area contributed by atoms with Crippen molar-refractivity contribution < 1.29 is 14.6 Å². The highest BCUT2D eigenvalue weighted by molar-refractivity contribution is 6.30. The Balaban J connectivity index is 2.75. The van der Waals surface area contributed by atoms with Crippen LogP contribution < -0.4 is 0 Å². The summed E-state index contributed by atoms with van der Waals surface area (Å²) in [6, 6.07) is 4.80. The summed E-state index contributed by atoms with van der Waals surface area (Å²) in [4.78, 5) is 11.0. The van der Waals surface area contributed by atoms with E-state index in [0.29, 0.717) is 29.7 Å². The van der Waals surface area contributed by atoms with Crippen LogP contribution in [0.1, 0.15) is 29.8 Å². The van der Waals surface area contributed by atoms with Crippen molar-refractivity contribution in [3.63, 3.8) is 0 Å². The molecule has 3 nitrogen and oxygen atoms in total. The molecule has 1 N–H and O–H groups in total. The van der Waals surface area contributed by atoms with Crippen molar-refractivity contribution in [1.29, 1.82) is 0 Å². The van der Waals surface area contributed by atoms with Gasteiger partial charge in [0.1, 0.15) is 0 Å². The fraction of sp³-hybridized carbons (Fsp3) is 0.417. The van der Waals surface area contributed by atoms with Crippen LogP contribution in [-0.4, -0.2) is 17.7 Å². The first-order valence-corrected chi connectivity index (χ1v) is 5.48. The molecule has 0 spiro atoms. The number of halogens is 1. The quantitative estimate of drug-likeness (QED) is 0.863. The SMILES string of the molecule is CC(C)COCc1ccc(Cl)cc1C(=O)O. The smallest absolute Gasteiger partial charge is 0.336 e. The third kappa shape index (κ3) is 3.83. The highest BCUT2D eigenvalue weighted by Gasteiger charge is 2.10. The molecule has 0 aliphatic heterocycles. The lowest BCUT2D eigenvalue weighted by Gasteiger charge is -2.09. The number of hydrogen-bond acceptors (Lipinski definition) is 2. The summed E-state index contributed by atoms with van der Waals surface area (Å²) in [5.74, 6) is -0.550. The summed E-state index contributed by atoms with van der Waals surface area (Å²) in [5, 5.41) is 9.41. The van der Waals surface area contributed by atoms with E-state index in [1.165, 1.54) is 6.07 Å². The summed E-state index contributed by atoms with van der Waals surface area (Å²) < 4.78 is 5.41. The van der Waals surface area contributed by atoms with Crippen LogP contribution in [0.2, 0.25) is 5.02 Å². The highest BCUT2D eigenvalue weighted by atomic mass is 35.5. The Morgan fingerprint density at radius 2 is 2.19 bits per heavy atom. The molecule has 0 radical (unpaired) electrons. The van der Waals surface area contributed by atoms with E-state index < -0.39 is 5.97 Å². The van der Waals surface area contributed by atoms with E-state index in [2.05, 4.69) is 0 Å². The van der Waals surface area contributed by atoms with Crippen molar-refractivity contribution in [2.45, 2.75) is 20.5 Å². The van der Waals surface area contributed by atoms with Crippen molar-refractivity contribution in [1.82, 2.24) is 0 Å². The predicted octanol–water partition coefficient (Wildman–Crippen LogP) is 3.21. The molecule has 0 atom stereocenters. The number of aromatic carboxylic acids is 1. The fourth-order valence-electron chi connectivity index (χ4n) is 1.28. The minimum absolute atomic E-state index is 0.205. The maximum Gasteiger partial charge on any atom is 0.336 e. The van der Waals surface area contributed by atoms with E-state index in [0.717, 1.165) is 0 Å². The molecule has 0 unspecified atom stereocenters. The van der Waals surface area contributed by atoms with Gasteiger partial charge in [0.25, 0.3) is 0 Å². The number of ether oxygens (including phenoxy) is 1. The summed E-state index contributed by atoms with van der Waals surface area (Å²) in [7, 11) is 0. The van der Waals surface area contributed by atoms with E-state index >= 15 is 0 Å². The Morgan fingerprint density at radius 3 is 2.75 bits per heavy atom. The van der Waals surface area contributed by atoms with Crippen molar-refractivity contribution >= 4 is 17.6 Å². The maximum absolute atomic E-state index is 11.0. The second-order valence-corrected chi connectivity index (χ2v) is 4.45. The van der Waals surface area contributed by atoms with Gasteiger partial charge < -0.3 is 9.84 Å². The van der Waals surface area contributed by atoms with E-state index in [4.69, 9.17) is 21.4 Å². The topological polar surface area (TPSA) is 46.5 Å². The molecule has 4 heteroatoms. The Bertz CT molecular complexity index is 375. The summed E-state index contributed by atoms with van der Waals surface area (Å²) in [6.45, 7) is 5.00. The van der Waals surface area contributed by atoms with Gasteiger partial charge in [-0.15, -0.1) is 0 Å². The van der Waals surface area contributed by atoms with Gasteiger partial charge in [0.05, 0.1) is 12.2 Å². The van der Waals surface area contributed by atoms with Gasteiger partial charge in [0.15, 0.2) is 0 Å². The highest BCUT2D eigenvalue weighted by Crippen LogP contribution is 2.17. The van der Waals surface area contributed by atoms with Crippen LogP contribution in [0.5, 0.6) is 0 Å². The van der Waals surface area contributed by atoms with Crippen LogP contribution in [0.25, 0.3) is 0 Å². The Hall–Kier alpha value is -1.06. The first-order valence-electron chi connectivity index (χ1n) is 5.10. The molecular formula is C12H15ClO3. The van der Waals surface area contributed by atoms with Gasteiger partial charge in [0.2, 0.25) is 0 Å². The van der Waals surface area contributed by atoms with Gasteiger partial charge in [0, 0.05) is 11.6 Å². The van der Waals surface area contributed by atoms with E-state index in [1.54, 1.807) is 12.1 Å². The van der Waals surface area contributed by atoms with Gasteiger partial charge in [-0.05, 0) is 23.6 Å². The van der Waals surface area contributed by atoms with Crippen LogP contribution in [0.15, 0.2) is 18.2 Å². The number of carbonyl (C=O) groups is 1. The molecular weight excluding hydrogens is 228 g/mol. The van der Waals surface area contributed by atoms with Crippen LogP contribution in [0, 0.1) is 5.92 Å². The fourth-order valence-corrected chi connectivity index (χ4v) is 1.45. The predicted molar refractivity (Wildman–Crippen MR) is 62.9 cm³/mol. The van der Waals surface area contributed by atoms with Gasteiger partial charge in [-0.1, -0.05) is 31.5 Å². The average Bonchev–Trinajstić information content (AvgIpc) is 2.19. The lowest BCUT2D eigenvalue weighted by molar-refractivity contribution is 0.0681. The minimum atomic E-state index is -0.981. The van der Waals surface area contributed by atoms with Crippen LogP contribution in [0.4, 0.5) is 0 Å². The summed E-state index contributed by atoms with van der Waals surface area (Å²) in [6.07, 6.45) is 0. The lowest BCUT2D eigenvalue weighted by Crippen LogP contribution is -2.07. The zero-order valence-electron chi connectivity index (χ0n) is 9.37. The van der Waals surface area contributed by atoms with Crippen LogP contribution >= 0.6 is 11.6 Å². The maximum atomic E-state index is 11.0. The molecule has 0 heterocycles. The lowest BCUT2D eigenvalue weighted by atomic mass is 10.1. The van der Waals surface area contributed by atoms with Gasteiger partial charge in [-0.3, -0.25) is 0 Å². The van der Waals surface area contributed by atoms with Gasteiger partial charge >= 0.3 is 5.97 Å². The Kier molecular flexibility index (Phi) is 4.77. The third-order valence-electron chi connectivity index (χ3n) is 2.01. The first-order chi connectivity index (χ1) is 7.50. The molecule has 1 aromatic rings. The standard InChI is InChI=1S/C12H15ClO3/c1-8(2)6-16-7-9-3-4-10(13)5-11(9)12(14)15/h3-5,8H,6-7H2,1-2H3,(H,14,15). The molecule has 0 bridgehead atoms. The Labute approximate surface area is 100.0 Å². The number of benzene rings is 1. The molecule has 0 aliphatic rings. The minimum Gasteiger partial charge on any atom is -0.478 e. The monoisotopic (exact) mass is 242 g/mol. The first kappa shape index (κ1) is 13.0. The van der Waals surface area contributed by atoms with Crippen molar-refractivity contribution in [3.05, 3.63) is 34.3 Å². The number of rotatable bonds is 5. The average molecular weight is 243 g/mol. The third-order valence-corrected chi connectivity index (χ3v) is 2.25. The Morgan fingerprint density at radius 1 is 1.50 bits per heavy atom. The van der Waals surface area contributed by atoms with Gasteiger partial charge in [-0.25, -0.2) is 4.79 Å². The molecule has 0 saturated carbocycles. The molecule has 0 saturated heterocycles. The number of carboxylic acids is 1. The molecule has 88 valence electrons. The van der Waals surface area contributed by atoms with Crippen molar-refractivity contribution in [3.8, 4) is 0 Å². The summed E-state index contributed by atoms with van der Waals surface area (Å²) >= 11 is 5.74. The zero-order chi connectivity index (χ0) is 12.1. The molecule has 16 heavy (non-hydrogen) atoms. The number of carboxylic acid groups (broad SMARTS) is 1. The second-order valence-electron chi connectivity index (χ2n) is 4.02. The van der Waals surface area contributed by atoms with Crippen molar-refractivity contribution in [2.24, 2.45) is 5.92 Å². The molecule has 0 aromatic heterocycles. The molecule has 0 fully saturated rings. The van der Waals surface area contributed by atoms with Gasteiger partial charge in [-0.2, -0.15) is 0 Å². The summed E-state index contributed by atoms with van der Waals surface area (Å²) in [5.41, 5.74) is 0.855. The van der Waals surface area contributed by atoms with E-state index in [1.807, 2.05) is 13.8 Å². The molecule has 0 aliphatic carbocycles. The normalized spacial score (nSPS) is 10.8. The molecule has 1 aromatic carbocycles. The zero-order valence-corrected chi connectivity index (χ0v) is 10.1.